The van der Waals surface area contributed by atoms with Gasteiger partial charge in [0.1, 0.15) is 11.6 Å². The Balaban J connectivity index is 1.41. The van der Waals surface area contributed by atoms with E-state index in [4.69, 9.17) is 4.74 Å². The highest BCUT2D eigenvalue weighted by Gasteiger charge is 2.18. The van der Waals surface area contributed by atoms with Gasteiger partial charge in [0.05, 0.1) is 6.04 Å². The SMILES string of the molecule is C[C@@H](NC(=O)c1ccc(Oc2nccnc2N2CCSCC2)cc1)c1ccc(F)cc1. The van der Waals surface area contributed by atoms with Crippen LogP contribution in [0.15, 0.2) is 60.9 Å². The summed E-state index contributed by atoms with van der Waals surface area (Å²) in [5.41, 5.74) is 1.34. The molecule has 1 amide bonds. The van der Waals surface area contributed by atoms with Crippen LogP contribution in [-0.4, -0.2) is 40.5 Å². The third-order valence-corrected chi connectivity index (χ3v) is 5.95. The molecule has 0 bridgehead atoms. The van der Waals surface area contributed by atoms with Crippen molar-refractivity contribution in [1.82, 2.24) is 15.3 Å². The Morgan fingerprint density at radius 2 is 1.74 bits per heavy atom. The molecule has 0 unspecified atom stereocenters. The Morgan fingerprint density at radius 1 is 1.06 bits per heavy atom. The molecule has 160 valence electrons. The standard InChI is InChI=1S/C23H23FN4O2S/c1-16(17-2-6-19(24)7-3-17)27-22(29)18-4-8-20(9-5-18)30-23-21(25-10-11-26-23)28-12-14-31-15-13-28/h2-11,16H,12-15H2,1H3,(H,27,29)/t16-/m1/s1. The van der Waals surface area contributed by atoms with Gasteiger partial charge in [-0.1, -0.05) is 12.1 Å². The maximum Gasteiger partial charge on any atom is 0.263 e. The smallest absolute Gasteiger partial charge is 0.263 e. The Labute approximate surface area is 184 Å². The van der Waals surface area contributed by atoms with Gasteiger partial charge in [0.25, 0.3) is 11.8 Å². The van der Waals surface area contributed by atoms with Crippen molar-refractivity contribution in [2.45, 2.75) is 13.0 Å². The lowest BCUT2D eigenvalue weighted by Crippen LogP contribution is -2.33. The maximum absolute atomic E-state index is 13.1. The number of nitrogens with zero attached hydrogens (tertiary/aromatic N) is 3. The molecule has 4 rings (SSSR count). The molecule has 1 saturated heterocycles. The third kappa shape index (κ3) is 5.32. The van der Waals surface area contributed by atoms with E-state index in [0.29, 0.717) is 17.2 Å². The maximum atomic E-state index is 13.1. The monoisotopic (exact) mass is 438 g/mol. The zero-order valence-electron chi connectivity index (χ0n) is 17.1. The first-order valence-electron chi connectivity index (χ1n) is 10.1. The van der Waals surface area contributed by atoms with Crippen molar-refractivity contribution in [3.8, 4) is 11.6 Å². The molecule has 31 heavy (non-hydrogen) atoms. The number of hydrogen-bond acceptors (Lipinski definition) is 6. The summed E-state index contributed by atoms with van der Waals surface area (Å²) in [6.07, 6.45) is 3.27. The number of rotatable bonds is 6. The predicted molar refractivity (Wildman–Crippen MR) is 120 cm³/mol. The number of carbonyl (C=O) groups excluding carboxylic acids is 1. The van der Waals surface area contributed by atoms with Crippen molar-refractivity contribution in [3.05, 3.63) is 77.9 Å². The van der Waals surface area contributed by atoms with E-state index in [2.05, 4.69) is 20.2 Å². The van der Waals surface area contributed by atoms with E-state index in [9.17, 15) is 9.18 Å². The molecule has 0 radical (unpaired) electrons. The third-order valence-electron chi connectivity index (χ3n) is 5.01. The zero-order chi connectivity index (χ0) is 21.6. The molecule has 3 aromatic rings. The molecule has 1 N–H and O–H groups in total. The van der Waals surface area contributed by atoms with Crippen LogP contribution in [0.25, 0.3) is 0 Å². The van der Waals surface area contributed by atoms with Crippen LogP contribution in [0.3, 0.4) is 0 Å². The highest BCUT2D eigenvalue weighted by Crippen LogP contribution is 2.29. The molecule has 1 fully saturated rings. The van der Waals surface area contributed by atoms with E-state index in [-0.39, 0.29) is 17.8 Å². The fraction of sp³-hybridized carbons (Fsp3) is 0.261. The van der Waals surface area contributed by atoms with Crippen molar-refractivity contribution < 1.29 is 13.9 Å². The van der Waals surface area contributed by atoms with Gasteiger partial charge in [0.15, 0.2) is 5.82 Å². The molecule has 1 aliphatic heterocycles. The fourth-order valence-corrected chi connectivity index (χ4v) is 4.19. The first kappa shape index (κ1) is 21.1. The summed E-state index contributed by atoms with van der Waals surface area (Å²) in [5, 5.41) is 2.92. The van der Waals surface area contributed by atoms with Gasteiger partial charge in [0, 0.05) is 42.6 Å². The van der Waals surface area contributed by atoms with E-state index < -0.39 is 0 Å². The lowest BCUT2D eigenvalue weighted by atomic mass is 10.1. The molecule has 0 spiro atoms. The van der Waals surface area contributed by atoms with Crippen LogP contribution in [0.2, 0.25) is 0 Å². The average molecular weight is 439 g/mol. The molecular weight excluding hydrogens is 415 g/mol. The lowest BCUT2D eigenvalue weighted by molar-refractivity contribution is 0.0940. The average Bonchev–Trinajstić information content (AvgIpc) is 2.81. The minimum Gasteiger partial charge on any atom is -0.436 e. The van der Waals surface area contributed by atoms with E-state index >= 15 is 0 Å². The quantitative estimate of drug-likeness (QED) is 0.613. The Bertz CT molecular complexity index is 1020. The number of carbonyl (C=O) groups is 1. The predicted octanol–water partition coefficient (Wildman–Crippen LogP) is 4.45. The number of hydrogen-bond donors (Lipinski definition) is 1. The van der Waals surface area contributed by atoms with E-state index in [1.807, 2.05) is 18.7 Å². The fourth-order valence-electron chi connectivity index (χ4n) is 3.28. The number of thioether (sulfide) groups is 1. The van der Waals surface area contributed by atoms with Gasteiger partial charge in [-0.15, -0.1) is 0 Å². The first-order chi connectivity index (χ1) is 15.1. The van der Waals surface area contributed by atoms with Crippen molar-refractivity contribution >= 4 is 23.5 Å². The number of aromatic nitrogens is 2. The lowest BCUT2D eigenvalue weighted by Gasteiger charge is -2.28. The highest BCUT2D eigenvalue weighted by molar-refractivity contribution is 7.99. The van der Waals surface area contributed by atoms with Crippen molar-refractivity contribution in [1.29, 1.82) is 0 Å². The Kier molecular flexibility index (Phi) is 6.66. The second kappa shape index (κ2) is 9.78. The normalized spacial score (nSPS) is 14.7. The highest BCUT2D eigenvalue weighted by atomic mass is 32.2. The number of amides is 1. The number of nitrogens with one attached hydrogen (secondary N) is 1. The van der Waals surface area contributed by atoms with E-state index in [1.54, 1.807) is 48.8 Å². The molecule has 1 atom stereocenters. The molecule has 2 aromatic carbocycles. The van der Waals surface area contributed by atoms with E-state index in [1.165, 1.54) is 12.1 Å². The van der Waals surface area contributed by atoms with Crippen LogP contribution in [0.4, 0.5) is 10.2 Å². The van der Waals surface area contributed by atoms with Crippen LogP contribution < -0.4 is 15.0 Å². The molecule has 0 aliphatic carbocycles. The van der Waals surface area contributed by atoms with Crippen LogP contribution in [0.1, 0.15) is 28.9 Å². The minimum atomic E-state index is -0.302. The largest absolute Gasteiger partial charge is 0.436 e. The second-order valence-corrected chi connectivity index (χ2v) is 8.38. The van der Waals surface area contributed by atoms with Gasteiger partial charge >= 0.3 is 0 Å². The number of halogens is 1. The minimum absolute atomic E-state index is 0.214. The van der Waals surface area contributed by atoms with Gasteiger partial charge in [-0.25, -0.2) is 14.4 Å². The van der Waals surface area contributed by atoms with Gasteiger partial charge in [-0.2, -0.15) is 11.8 Å². The zero-order valence-corrected chi connectivity index (χ0v) is 17.9. The van der Waals surface area contributed by atoms with Crippen LogP contribution >= 0.6 is 11.8 Å². The van der Waals surface area contributed by atoms with Crippen LogP contribution in [0.5, 0.6) is 11.6 Å². The van der Waals surface area contributed by atoms with Crippen LogP contribution in [0, 0.1) is 5.82 Å². The van der Waals surface area contributed by atoms with Gasteiger partial charge in [0.2, 0.25) is 0 Å². The summed E-state index contributed by atoms with van der Waals surface area (Å²) >= 11 is 1.93. The number of ether oxygens (including phenoxy) is 1. The number of benzene rings is 2. The summed E-state index contributed by atoms with van der Waals surface area (Å²) in [6, 6.07) is 12.7. The van der Waals surface area contributed by atoms with Gasteiger partial charge in [-0.05, 0) is 48.9 Å². The Hall–Kier alpha value is -3.13. The topological polar surface area (TPSA) is 67.3 Å². The molecule has 1 aliphatic rings. The molecule has 2 heterocycles. The molecule has 6 nitrogen and oxygen atoms in total. The van der Waals surface area contributed by atoms with E-state index in [0.717, 1.165) is 36.0 Å². The summed E-state index contributed by atoms with van der Waals surface area (Å²) < 4.78 is 19.1. The molecular formula is C23H23FN4O2S. The summed E-state index contributed by atoms with van der Waals surface area (Å²) in [5.74, 6) is 3.36. The summed E-state index contributed by atoms with van der Waals surface area (Å²) in [7, 11) is 0. The second-order valence-electron chi connectivity index (χ2n) is 7.16. The Morgan fingerprint density at radius 3 is 2.45 bits per heavy atom. The summed E-state index contributed by atoms with van der Waals surface area (Å²) in [4.78, 5) is 23.5. The van der Waals surface area contributed by atoms with Crippen molar-refractivity contribution in [2.24, 2.45) is 0 Å². The van der Waals surface area contributed by atoms with Crippen molar-refractivity contribution in [3.63, 3.8) is 0 Å². The molecule has 1 aromatic heterocycles. The van der Waals surface area contributed by atoms with Crippen LogP contribution in [-0.2, 0) is 0 Å². The first-order valence-corrected chi connectivity index (χ1v) is 11.2. The van der Waals surface area contributed by atoms with Gasteiger partial charge in [-0.3, -0.25) is 4.79 Å². The van der Waals surface area contributed by atoms with Gasteiger partial charge < -0.3 is 15.0 Å². The van der Waals surface area contributed by atoms with Crippen molar-refractivity contribution in [2.75, 3.05) is 29.5 Å². The molecule has 0 saturated carbocycles. The number of anilines is 1. The molecule has 8 heteroatoms. The summed E-state index contributed by atoms with van der Waals surface area (Å²) in [6.45, 7) is 3.67.